The maximum atomic E-state index is 12.5. The first-order chi connectivity index (χ1) is 12.9. The summed E-state index contributed by atoms with van der Waals surface area (Å²) in [4.78, 5) is 27.7. The van der Waals surface area contributed by atoms with E-state index in [1.807, 2.05) is 0 Å². The molecule has 2 aromatic rings. The Hall–Kier alpha value is -3.33. The van der Waals surface area contributed by atoms with Crippen molar-refractivity contribution in [1.82, 2.24) is 5.32 Å². The number of rotatable bonds is 8. The third-order valence-electron chi connectivity index (χ3n) is 3.81. The summed E-state index contributed by atoms with van der Waals surface area (Å²) in [5, 5.41) is 12.1. The van der Waals surface area contributed by atoms with Gasteiger partial charge in [-0.3, -0.25) is 14.6 Å². The third kappa shape index (κ3) is 4.64. The minimum absolute atomic E-state index is 0.200. The number of furan rings is 1. The van der Waals surface area contributed by atoms with E-state index in [0.717, 1.165) is 0 Å². The zero-order chi connectivity index (χ0) is 20.0. The second-order valence-electron chi connectivity index (χ2n) is 5.72. The van der Waals surface area contributed by atoms with Crippen LogP contribution in [0, 0.1) is 6.92 Å². The van der Waals surface area contributed by atoms with Gasteiger partial charge in [0.15, 0.2) is 0 Å². The summed E-state index contributed by atoms with van der Waals surface area (Å²) in [7, 11) is 1.63. The van der Waals surface area contributed by atoms with Crippen LogP contribution < -0.4 is 21.5 Å². The number of ether oxygens (including phenoxy) is 1. The first-order valence-corrected chi connectivity index (χ1v) is 8.11. The Balaban J connectivity index is 2.30. The smallest absolute Gasteiger partial charge is 0.256 e. The van der Waals surface area contributed by atoms with Gasteiger partial charge in [-0.05, 0) is 25.1 Å². The molecule has 1 heterocycles. The van der Waals surface area contributed by atoms with Crippen LogP contribution in [0.5, 0.6) is 5.75 Å². The lowest BCUT2D eigenvalue weighted by molar-refractivity contribution is -0.120. The highest BCUT2D eigenvalue weighted by atomic mass is 16.5. The molecule has 9 nitrogen and oxygen atoms in total. The number of benzene rings is 1. The summed E-state index contributed by atoms with van der Waals surface area (Å²) in [5.41, 5.74) is 12.1. The number of primary amides is 1. The molecule has 0 saturated heterocycles. The Bertz CT molecular complexity index is 901. The number of aliphatic hydroxyl groups excluding tert-OH is 1. The highest BCUT2D eigenvalue weighted by molar-refractivity contribution is 6.08. The third-order valence-corrected chi connectivity index (χ3v) is 3.81. The van der Waals surface area contributed by atoms with Crippen LogP contribution in [0.2, 0.25) is 0 Å². The number of hydrogen-bond acceptors (Lipinski definition) is 7. The minimum Gasteiger partial charge on any atom is -0.489 e. The number of nitrogens with zero attached hydrogens (tertiary/aromatic N) is 1. The maximum absolute atomic E-state index is 12.5. The van der Waals surface area contributed by atoms with Gasteiger partial charge in [-0.1, -0.05) is 0 Å². The van der Waals surface area contributed by atoms with Crippen LogP contribution in [-0.4, -0.2) is 49.4 Å². The Kier molecular flexibility index (Phi) is 6.56. The number of carbonyl (C=O) groups is 2. The number of carbonyl (C=O) groups excluding carboxylic acids is 2. The highest BCUT2D eigenvalue weighted by Crippen LogP contribution is 2.29. The van der Waals surface area contributed by atoms with E-state index in [0.29, 0.717) is 28.1 Å². The second-order valence-corrected chi connectivity index (χ2v) is 5.72. The predicted molar refractivity (Wildman–Crippen MR) is 101 cm³/mol. The molecule has 1 aromatic heterocycles. The van der Waals surface area contributed by atoms with Crippen molar-refractivity contribution < 1.29 is 23.8 Å². The van der Waals surface area contributed by atoms with Crippen molar-refractivity contribution in [3.63, 3.8) is 0 Å². The van der Waals surface area contributed by atoms with Gasteiger partial charge in [0.05, 0.1) is 12.2 Å². The zero-order valence-corrected chi connectivity index (χ0v) is 15.1. The normalized spacial score (nSPS) is 13.1. The molecule has 0 aliphatic rings. The molecule has 0 fully saturated rings. The predicted octanol–water partition coefficient (Wildman–Crippen LogP) is 0.239. The summed E-state index contributed by atoms with van der Waals surface area (Å²) >= 11 is 0. The molecule has 0 bridgehead atoms. The molecule has 0 radical (unpaired) electrons. The SMILES string of the molecule is CN=CC(=CN)COc1ccc2oc(C)c(C(=O)N[C@@H](CO)C(N)=O)c2c1. The van der Waals surface area contributed by atoms with Gasteiger partial charge in [-0.2, -0.15) is 0 Å². The van der Waals surface area contributed by atoms with Gasteiger partial charge < -0.3 is 31.0 Å². The molecular weight excluding hydrogens is 352 g/mol. The topological polar surface area (TPSA) is 153 Å². The standard InChI is InChI=1S/C18H22N4O5/c1-10-16(18(25)22-14(8-23)17(20)24)13-5-12(3-4-15(13)27-10)26-9-11(6-19)7-21-2/h3-7,14,23H,8-9,19H2,1-2H3,(H2,20,24)(H,22,25)/t14-/m0/s1. The second kappa shape index (κ2) is 8.86. The van der Waals surface area contributed by atoms with Crippen molar-refractivity contribution in [2.45, 2.75) is 13.0 Å². The molecule has 0 spiro atoms. The van der Waals surface area contributed by atoms with Crippen LogP contribution in [0.25, 0.3) is 11.0 Å². The molecule has 144 valence electrons. The molecule has 1 aromatic carbocycles. The van der Waals surface area contributed by atoms with Crippen molar-refractivity contribution >= 4 is 29.0 Å². The van der Waals surface area contributed by atoms with E-state index in [4.69, 9.17) is 20.6 Å². The number of aryl methyl sites for hydroxylation is 1. The van der Waals surface area contributed by atoms with E-state index in [-0.39, 0.29) is 12.2 Å². The monoisotopic (exact) mass is 374 g/mol. The number of amides is 2. The average molecular weight is 374 g/mol. The van der Waals surface area contributed by atoms with Crippen molar-refractivity contribution in [3.8, 4) is 5.75 Å². The van der Waals surface area contributed by atoms with Crippen LogP contribution in [0.4, 0.5) is 0 Å². The Labute approximate surface area is 155 Å². The van der Waals surface area contributed by atoms with Gasteiger partial charge in [0.25, 0.3) is 5.91 Å². The fraction of sp³-hybridized carbons (Fsp3) is 0.278. The Morgan fingerprint density at radius 1 is 1.44 bits per heavy atom. The van der Waals surface area contributed by atoms with Crippen LogP contribution in [0.15, 0.2) is 39.4 Å². The fourth-order valence-electron chi connectivity index (χ4n) is 2.47. The van der Waals surface area contributed by atoms with Crippen molar-refractivity contribution in [1.29, 1.82) is 0 Å². The van der Waals surface area contributed by atoms with E-state index in [1.54, 1.807) is 38.4 Å². The molecule has 0 saturated carbocycles. The molecule has 1 atom stereocenters. The number of nitrogens with two attached hydrogens (primary N) is 2. The lowest BCUT2D eigenvalue weighted by Crippen LogP contribution is -2.46. The molecule has 0 aliphatic carbocycles. The molecule has 27 heavy (non-hydrogen) atoms. The largest absolute Gasteiger partial charge is 0.489 e. The summed E-state index contributed by atoms with van der Waals surface area (Å²) in [5.74, 6) is -0.558. The molecular formula is C18H22N4O5. The van der Waals surface area contributed by atoms with Gasteiger partial charge in [-0.25, -0.2) is 0 Å². The quantitative estimate of drug-likeness (QED) is 0.485. The molecule has 6 N–H and O–H groups in total. The van der Waals surface area contributed by atoms with Crippen LogP contribution in [0.1, 0.15) is 16.1 Å². The Morgan fingerprint density at radius 3 is 2.78 bits per heavy atom. The van der Waals surface area contributed by atoms with Gasteiger partial charge in [0.1, 0.15) is 29.7 Å². The number of fused-ring (bicyclic) bond motifs is 1. The molecule has 0 aliphatic heterocycles. The number of hydrogen-bond donors (Lipinski definition) is 4. The summed E-state index contributed by atoms with van der Waals surface area (Å²) < 4.78 is 11.3. The summed E-state index contributed by atoms with van der Waals surface area (Å²) in [6.45, 7) is 1.23. The first-order valence-electron chi connectivity index (χ1n) is 8.11. The van der Waals surface area contributed by atoms with E-state index in [9.17, 15) is 14.7 Å². The van der Waals surface area contributed by atoms with Crippen LogP contribution in [-0.2, 0) is 4.79 Å². The first kappa shape index (κ1) is 20.0. The van der Waals surface area contributed by atoms with Gasteiger partial charge in [-0.15, -0.1) is 0 Å². The lowest BCUT2D eigenvalue weighted by atomic mass is 10.1. The van der Waals surface area contributed by atoms with Crippen molar-refractivity contribution in [2.75, 3.05) is 20.3 Å². The maximum Gasteiger partial charge on any atom is 0.256 e. The fourth-order valence-corrected chi connectivity index (χ4v) is 2.47. The van der Waals surface area contributed by atoms with Crippen molar-refractivity contribution in [2.24, 2.45) is 16.5 Å². The van der Waals surface area contributed by atoms with E-state index in [1.165, 1.54) is 6.20 Å². The van der Waals surface area contributed by atoms with Crippen molar-refractivity contribution in [3.05, 3.63) is 41.3 Å². The van der Waals surface area contributed by atoms with Gasteiger partial charge >= 0.3 is 0 Å². The van der Waals surface area contributed by atoms with Gasteiger partial charge in [0, 0.05) is 30.4 Å². The number of aliphatic hydroxyl groups is 1. The number of nitrogens with one attached hydrogen (secondary N) is 1. The molecule has 9 heteroatoms. The van der Waals surface area contributed by atoms with Gasteiger partial charge in [0.2, 0.25) is 5.91 Å². The summed E-state index contributed by atoms with van der Waals surface area (Å²) in [6, 6.07) is 3.83. The van der Waals surface area contributed by atoms with Crippen LogP contribution >= 0.6 is 0 Å². The van der Waals surface area contributed by atoms with E-state index in [2.05, 4.69) is 10.3 Å². The van der Waals surface area contributed by atoms with E-state index >= 15 is 0 Å². The van der Waals surface area contributed by atoms with E-state index < -0.39 is 24.5 Å². The molecule has 2 rings (SSSR count). The van der Waals surface area contributed by atoms with Crippen LogP contribution in [0.3, 0.4) is 0 Å². The molecule has 2 amide bonds. The minimum atomic E-state index is -1.19. The lowest BCUT2D eigenvalue weighted by Gasteiger charge is -2.12. The molecule has 0 unspecified atom stereocenters. The number of aliphatic imine (C=N–C) groups is 1. The average Bonchev–Trinajstić information content (AvgIpc) is 2.97. The zero-order valence-electron chi connectivity index (χ0n) is 15.1. The summed E-state index contributed by atoms with van der Waals surface area (Å²) in [6.07, 6.45) is 2.98. The highest BCUT2D eigenvalue weighted by Gasteiger charge is 2.23. The Morgan fingerprint density at radius 2 is 2.19 bits per heavy atom.